The van der Waals surface area contributed by atoms with E-state index >= 15 is 0 Å². The van der Waals surface area contributed by atoms with Crippen LogP contribution in [-0.2, 0) is 31.7 Å². The first-order chi connectivity index (χ1) is 23.3. The van der Waals surface area contributed by atoms with Gasteiger partial charge < -0.3 is 14.9 Å². The molecular weight excluding hydrogens is 783 g/mol. The fraction of sp³-hybridized carbons (Fsp3) is 0.702. The van der Waals surface area contributed by atoms with Crippen LogP contribution in [-0.4, -0.2) is 15.2 Å². The third-order valence-corrected chi connectivity index (χ3v) is 36.4. The zero-order chi connectivity index (χ0) is 36.8. The van der Waals surface area contributed by atoms with Crippen LogP contribution in [0.1, 0.15) is 147 Å². The molecule has 2 aromatic rings. The Kier molecular flexibility index (Phi) is 16.4. The Hall–Kier alpha value is 0.337. The second-order valence-corrected chi connectivity index (χ2v) is 40.8. The molecule has 0 radical (unpaired) electrons. The van der Waals surface area contributed by atoms with Gasteiger partial charge in [-0.05, 0) is 117 Å². The van der Waals surface area contributed by atoms with Crippen molar-refractivity contribution in [2.75, 3.05) is 0 Å². The minimum absolute atomic E-state index is 0. The van der Waals surface area contributed by atoms with E-state index in [4.69, 9.17) is 17.0 Å². The van der Waals surface area contributed by atoms with Gasteiger partial charge in [-0.15, -0.1) is 0 Å². The first kappa shape index (κ1) is 46.7. The number of hydrogen-bond acceptors (Lipinski definition) is 0. The summed E-state index contributed by atoms with van der Waals surface area (Å²) in [5.41, 5.74) is 8.87. The van der Waals surface area contributed by atoms with E-state index < -0.39 is 36.0 Å². The van der Waals surface area contributed by atoms with E-state index in [1.165, 1.54) is 51.4 Å². The van der Waals surface area contributed by atoms with E-state index in [0.29, 0.717) is 5.92 Å². The van der Waals surface area contributed by atoms with Gasteiger partial charge in [-0.1, -0.05) is 162 Å². The van der Waals surface area contributed by atoms with E-state index in [2.05, 4.69) is 130 Å². The summed E-state index contributed by atoms with van der Waals surface area (Å²) in [4.78, 5) is 0. The summed E-state index contributed by atoms with van der Waals surface area (Å²) in [6.07, 6.45) is 13.5. The zero-order valence-corrected chi connectivity index (χ0v) is 42.0. The second-order valence-electron chi connectivity index (χ2n) is 21.0. The molecular formula is C47H78Cl2Si2Zr. The predicted molar refractivity (Wildman–Crippen MR) is 237 cm³/mol. The fourth-order valence-electron chi connectivity index (χ4n) is 12.4. The third kappa shape index (κ3) is 9.71. The molecule has 0 nitrogen and oxygen atoms in total. The fourth-order valence-corrected chi connectivity index (χ4v) is 27.2. The Morgan fingerprint density at radius 2 is 1.31 bits per heavy atom. The monoisotopic (exact) mass is 858 g/mol. The molecule has 0 heterocycles. The van der Waals surface area contributed by atoms with Crippen molar-refractivity contribution >= 4 is 32.2 Å². The average molecular weight is 861 g/mol. The summed E-state index contributed by atoms with van der Waals surface area (Å²) in [6, 6.07) is 19.4. The molecule has 4 aliphatic carbocycles. The van der Waals surface area contributed by atoms with E-state index in [-0.39, 0.29) is 25.7 Å². The van der Waals surface area contributed by atoms with E-state index in [1.54, 1.807) is 28.7 Å². The number of rotatable bonds is 7. The summed E-state index contributed by atoms with van der Waals surface area (Å²) in [6.45, 7) is 31.5. The maximum atomic E-state index is 4.93. The van der Waals surface area contributed by atoms with Gasteiger partial charge in [0.05, 0.1) is 0 Å². The Morgan fingerprint density at radius 1 is 0.731 bits per heavy atom. The Labute approximate surface area is 344 Å². The molecule has 10 atom stereocenters. The minimum atomic E-state index is -1.48. The maximum absolute atomic E-state index is 4.93. The van der Waals surface area contributed by atoms with Gasteiger partial charge in [0.15, 0.2) is 0 Å². The van der Waals surface area contributed by atoms with Crippen molar-refractivity contribution in [3.05, 3.63) is 85.6 Å². The topological polar surface area (TPSA) is 0 Å². The molecule has 4 aliphatic rings. The van der Waals surface area contributed by atoms with Crippen molar-refractivity contribution in [1.82, 2.24) is 0 Å². The summed E-state index contributed by atoms with van der Waals surface area (Å²) < 4.78 is 0. The van der Waals surface area contributed by atoms with Gasteiger partial charge in [-0.3, -0.25) is 0 Å². The van der Waals surface area contributed by atoms with Crippen LogP contribution >= 0.6 is 17.0 Å². The normalized spacial score (nSPS) is 30.8. The Morgan fingerprint density at radius 3 is 1.87 bits per heavy atom. The van der Waals surface area contributed by atoms with Gasteiger partial charge in [-0.25, -0.2) is 0 Å². The molecule has 0 bridgehead atoms. The molecule has 4 saturated carbocycles. The molecule has 4 fully saturated rings. The second kappa shape index (κ2) is 18.3. The molecule has 0 aromatic heterocycles. The van der Waals surface area contributed by atoms with Crippen LogP contribution in [0.5, 0.6) is 0 Å². The summed E-state index contributed by atoms with van der Waals surface area (Å²) in [7, 11) is 6.97. The zero-order valence-electron chi connectivity index (χ0n) is 36.0. The van der Waals surface area contributed by atoms with Crippen molar-refractivity contribution < 1.29 is 20.8 Å². The summed E-state index contributed by atoms with van der Waals surface area (Å²) >= 11 is -0.826. The molecule has 0 saturated heterocycles. The molecule has 0 aliphatic heterocycles. The number of halogens is 2. The molecule has 10 unspecified atom stereocenters. The molecule has 6 rings (SSSR count). The van der Waals surface area contributed by atoms with E-state index in [1.807, 2.05) is 0 Å². The summed E-state index contributed by atoms with van der Waals surface area (Å²) in [5, 5.41) is 0. The first-order valence-electron chi connectivity index (χ1n) is 20.5. The van der Waals surface area contributed by atoms with Crippen LogP contribution < -0.4 is 0 Å². The van der Waals surface area contributed by atoms with Crippen molar-refractivity contribution in [2.45, 2.75) is 173 Å². The van der Waals surface area contributed by atoms with Gasteiger partial charge in [0.25, 0.3) is 0 Å². The van der Waals surface area contributed by atoms with Crippen LogP contribution in [0, 0.1) is 50.4 Å². The molecule has 52 heavy (non-hydrogen) atoms. The first-order valence-corrected chi connectivity index (χ1v) is 34.0. The van der Waals surface area contributed by atoms with Gasteiger partial charge in [0.2, 0.25) is 0 Å². The van der Waals surface area contributed by atoms with Gasteiger partial charge in [-0.2, -0.15) is 0 Å². The van der Waals surface area contributed by atoms with Gasteiger partial charge >= 0.3 is 37.9 Å². The van der Waals surface area contributed by atoms with Crippen LogP contribution in [0.2, 0.25) is 37.3 Å². The van der Waals surface area contributed by atoms with Crippen molar-refractivity contribution in [3.63, 3.8) is 0 Å². The van der Waals surface area contributed by atoms with E-state index in [9.17, 15) is 0 Å². The molecule has 0 amide bonds. The van der Waals surface area contributed by atoms with Gasteiger partial charge in [0.1, 0.15) is 0 Å². The Bertz CT molecular complexity index is 1380. The van der Waals surface area contributed by atoms with Crippen molar-refractivity contribution in [1.29, 1.82) is 0 Å². The van der Waals surface area contributed by atoms with Crippen LogP contribution in [0.15, 0.2) is 48.5 Å². The molecule has 0 N–H and O–H groups in total. The van der Waals surface area contributed by atoms with E-state index in [0.717, 1.165) is 52.5 Å². The van der Waals surface area contributed by atoms with Crippen molar-refractivity contribution in [2.24, 2.45) is 35.5 Å². The Balaban J connectivity index is 0.00000141. The van der Waals surface area contributed by atoms with Crippen LogP contribution in [0.25, 0.3) is 0 Å². The standard InChI is InChI=1S/C45H72Si2.2CH3.2ClH.Zr/c1-30(33-17-14-13-15-18-33)23-32-21-22-38(25-32)46(9,10)47(11,12)43-31(2)24-40-41(43)28-34-19-16-20-39(34)42(40)35-26-36(44(3,4)5)29-37(27-35)45(6,7)8;;;;;/h13-15,17-18,26-27,29-32,34,38-43H,16,19-25,28H2,1-12H3;2*1H3;2*1H;/q;2*-1;;;+4/p-2. The molecule has 5 heteroatoms. The third-order valence-electron chi connectivity index (χ3n) is 15.7. The van der Waals surface area contributed by atoms with Gasteiger partial charge in [0, 0.05) is 15.2 Å². The van der Waals surface area contributed by atoms with Crippen LogP contribution in [0.3, 0.4) is 0 Å². The molecule has 0 spiro atoms. The quantitative estimate of drug-likeness (QED) is 0.192. The van der Waals surface area contributed by atoms with Crippen LogP contribution in [0.4, 0.5) is 0 Å². The number of fused-ring (bicyclic) bond motifs is 2. The average Bonchev–Trinajstić information content (AvgIpc) is 3.78. The molecule has 292 valence electrons. The van der Waals surface area contributed by atoms with Crippen molar-refractivity contribution in [3.8, 4) is 0 Å². The SMILES string of the molecule is CC(CC1CCC([Si](C)(C)[Si](C)(C)C2C(C)CC3C2CC2CCCC2C3c2cc(C(C)(C)C)cc(C(C)(C)C)c2)C1)c1ccccc1.[CH3-].[CH3-].[Cl][Zr+2][Cl]. The molecule has 2 aromatic carbocycles. The predicted octanol–water partition coefficient (Wildman–Crippen LogP) is 16.0. The number of benzene rings is 2. The summed E-state index contributed by atoms with van der Waals surface area (Å²) in [5.74, 6) is 7.07. The number of hydrogen-bond donors (Lipinski definition) is 0.